The molecule has 0 bridgehead atoms. The van der Waals surface area contributed by atoms with Gasteiger partial charge in [-0.05, 0) is 54.2 Å². The first-order chi connectivity index (χ1) is 15.2. The number of nitrogens with zero attached hydrogens (tertiary/aromatic N) is 3. The van der Waals surface area contributed by atoms with E-state index < -0.39 is 0 Å². The average molecular weight is 443 g/mol. The highest BCUT2D eigenvalue weighted by Gasteiger charge is 2.19. The SMILES string of the molecule is OCCCN1CCOCC(Cc2ccnc(Nc3ncc(-c4ccc(F)cc4)s3)c2)C1. The van der Waals surface area contributed by atoms with Crippen molar-refractivity contribution in [3.63, 3.8) is 0 Å². The third-order valence-corrected chi connectivity index (χ3v) is 6.23. The zero-order chi connectivity index (χ0) is 21.5. The average Bonchev–Trinajstić information content (AvgIpc) is 3.12. The minimum Gasteiger partial charge on any atom is -0.396 e. The van der Waals surface area contributed by atoms with Gasteiger partial charge in [0.15, 0.2) is 5.13 Å². The number of benzene rings is 1. The fraction of sp³-hybridized carbons (Fsp3) is 0.391. The number of anilines is 2. The second kappa shape index (κ2) is 10.8. The van der Waals surface area contributed by atoms with Crippen molar-refractivity contribution in [3.05, 3.63) is 60.2 Å². The van der Waals surface area contributed by atoms with Crippen molar-refractivity contribution in [2.75, 3.05) is 44.8 Å². The van der Waals surface area contributed by atoms with Crippen molar-refractivity contribution in [3.8, 4) is 10.4 Å². The van der Waals surface area contributed by atoms with Crippen LogP contribution in [0, 0.1) is 11.7 Å². The van der Waals surface area contributed by atoms with Gasteiger partial charge >= 0.3 is 0 Å². The van der Waals surface area contributed by atoms with Gasteiger partial charge in [0.25, 0.3) is 0 Å². The van der Waals surface area contributed by atoms with Gasteiger partial charge in [-0.15, -0.1) is 0 Å². The van der Waals surface area contributed by atoms with Crippen molar-refractivity contribution in [2.45, 2.75) is 12.8 Å². The normalized spacial score (nSPS) is 17.4. The minimum absolute atomic E-state index is 0.223. The lowest BCUT2D eigenvalue weighted by Gasteiger charge is -2.23. The van der Waals surface area contributed by atoms with Crippen LogP contribution >= 0.6 is 11.3 Å². The zero-order valence-corrected chi connectivity index (χ0v) is 18.2. The molecule has 2 aromatic heterocycles. The molecule has 8 heteroatoms. The highest BCUT2D eigenvalue weighted by molar-refractivity contribution is 7.18. The molecule has 164 valence electrons. The molecule has 1 aromatic carbocycles. The van der Waals surface area contributed by atoms with Gasteiger partial charge in [0, 0.05) is 38.6 Å². The number of halogens is 1. The monoisotopic (exact) mass is 442 g/mol. The number of rotatable bonds is 8. The molecule has 2 N–H and O–H groups in total. The van der Waals surface area contributed by atoms with E-state index in [1.165, 1.54) is 29.0 Å². The predicted molar refractivity (Wildman–Crippen MR) is 121 cm³/mol. The second-order valence-corrected chi connectivity index (χ2v) is 8.76. The van der Waals surface area contributed by atoms with E-state index in [1.54, 1.807) is 18.3 Å². The molecule has 3 heterocycles. The molecule has 1 fully saturated rings. The number of hydrogen-bond acceptors (Lipinski definition) is 7. The van der Waals surface area contributed by atoms with Crippen LogP contribution in [0.25, 0.3) is 10.4 Å². The van der Waals surface area contributed by atoms with E-state index in [2.05, 4.69) is 26.3 Å². The molecule has 0 aliphatic carbocycles. The Balaban J connectivity index is 1.39. The van der Waals surface area contributed by atoms with Gasteiger partial charge < -0.3 is 20.1 Å². The van der Waals surface area contributed by atoms with E-state index in [9.17, 15) is 4.39 Å². The summed E-state index contributed by atoms with van der Waals surface area (Å²) in [5.74, 6) is 0.911. The van der Waals surface area contributed by atoms with E-state index in [-0.39, 0.29) is 12.4 Å². The standard InChI is InChI=1S/C23H27FN4O2S/c24-20-4-2-19(3-5-20)21-14-26-23(31-21)27-22-13-17(6-7-25-22)12-18-15-28(8-1-10-29)9-11-30-16-18/h2-7,13-14,18,29H,1,8-12,15-16H2,(H,25,26,27). The van der Waals surface area contributed by atoms with Crippen LogP contribution in [0.5, 0.6) is 0 Å². The summed E-state index contributed by atoms with van der Waals surface area (Å²) in [5, 5.41) is 13.1. The lowest BCUT2D eigenvalue weighted by molar-refractivity contribution is 0.121. The van der Waals surface area contributed by atoms with Crippen molar-refractivity contribution in [1.29, 1.82) is 0 Å². The molecule has 0 saturated carbocycles. The fourth-order valence-electron chi connectivity index (χ4n) is 3.77. The Bertz CT molecular complexity index is 966. The Labute approximate surface area is 185 Å². The van der Waals surface area contributed by atoms with Crippen LogP contribution < -0.4 is 5.32 Å². The molecule has 6 nitrogen and oxygen atoms in total. The van der Waals surface area contributed by atoms with E-state index in [4.69, 9.17) is 9.84 Å². The molecule has 3 aromatic rings. The summed E-state index contributed by atoms with van der Waals surface area (Å²) in [5.41, 5.74) is 2.14. The van der Waals surface area contributed by atoms with Crippen LogP contribution in [0.3, 0.4) is 0 Å². The first kappa shape index (κ1) is 21.8. The Morgan fingerprint density at radius 3 is 2.94 bits per heavy atom. The van der Waals surface area contributed by atoms with E-state index in [1.807, 2.05) is 12.3 Å². The van der Waals surface area contributed by atoms with Gasteiger partial charge in [-0.25, -0.2) is 14.4 Å². The maximum absolute atomic E-state index is 13.1. The van der Waals surface area contributed by atoms with Gasteiger partial charge in [0.2, 0.25) is 0 Å². The topological polar surface area (TPSA) is 70.5 Å². The molecule has 1 saturated heterocycles. The minimum atomic E-state index is -0.247. The van der Waals surface area contributed by atoms with Gasteiger partial charge in [0.1, 0.15) is 11.6 Å². The highest BCUT2D eigenvalue weighted by atomic mass is 32.1. The third-order valence-electron chi connectivity index (χ3n) is 5.27. The Morgan fingerprint density at radius 1 is 1.23 bits per heavy atom. The maximum Gasteiger partial charge on any atom is 0.188 e. The molecule has 31 heavy (non-hydrogen) atoms. The van der Waals surface area contributed by atoms with E-state index in [0.29, 0.717) is 5.92 Å². The summed E-state index contributed by atoms with van der Waals surface area (Å²) < 4.78 is 18.9. The maximum atomic E-state index is 13.1. The lowest BCUT2D eigenvalue weighted by atomic mass is 10.00. The van der Waals surface area contributed by atoms with Crippen LogP contribution in [0.15, 0.2) is 48.8 Å². The van der Waals surface area contributed by atoms with Crippen LogP contribution in [0.4, 0.5) is 15.3 Å². The van der Waals surface area contributed by atoms with Gasteiger partial charge in [0.05, 0.1) is 18.1 Å². The number of aliphatic hydroxyl groups is 1. The summed E-state index contributed by atoms with van der Waals surface area (Å²) in [6, 6.07) is 10.5. The fourth-order valence-corrected chi connectivity index (χ4v) is 4.59. The molecular weight excluding hydrogens is 415 g/mol. The molecule has 0 spiro atoms. The summed E-state index contributed by atoms with van der Waals surface area (Å²) in [6.07, 6.45) is 5.30. The first-order valence-electron chi connectivity index (χ1n) is 10.5. The molecule has 1 atom stereocenters. The van der Waals surface area contributed by atoms with Crippen molar-refractivity contribution < 1.29 is 14.2 Å². The number of nitrogens with one attached hydrogen (secondary N) is 1. The Kier molecular flexibility index (Phi) is 7.58. The van der Waals surface area contributed by atoms with E-state index >= 15 is 0 Å². The van der Waals surface area contributed by atoms with Gasteiger partial charge in [-0.1, -0.05) is 23.5 Å². The zero-order valence-electron chi connectivity index (χ0n) is 17.3. The number of aliphatic hydroxyl groups excluding tert-OH is 1. The smallest absolute Gasteiger partial charge is 0.188 e. The number of hydrogen-bond donors (Lipinski definition) is 2. The van der Waals surface area contributed by atoms with Crippen molar-refractivity contribution in [1.82, 2.24) is 14.9 Å². The van der Waals surface area contributed by atoms with Crippen LogP contribution in [0.2, 0.25) is 0 Å². The number of pyridine rings is 1. The Morgan fingerprint density at radius 2 is 2.10 bits per heavy atom. The molecule has 1 unspecified atom stereocenters. The molecule has 0 radical (unpaired) electrons. The predicted octanol–water partition coefficient (Wildman–Crippen LogP) is 3.96. The van der Waals surface area contributed by atoms with E-state index in [0.717, 1.165) is 67.1 Å². The first-order valence-corrected chi connectivity index (χ1v) is 11.4. The van der Waals surface area contributed by atoms with Gasteiger partial charge in [-0.2, -0.15) is 0 Å². The lowest BCUT2D eigenvalue weighted by Crippen LogP contribution is -2.32. The van der Waals surface area contributed by atoms with Crippen LogP contribution in [-0.4, -0.2) is 59.4 Å². The summed E-state index contributed by atoms with van der Waals surface area (Å²) in [6.45, 7) is 4.50. The summed E-state index contributed by atoms with van der Waals surface area (Å²) in [7, 11) is 0. The molecule has 1 aliphatic rings. The second-order valence-electron chi connectivity index (χ2n) is 7.73. The molecule has 1 aliphatic heterocycles. The van der Waals surface area contributed by atoms with Gasteiger partial charge in [-0.3, -0.25) is 0 Å². The largest absolute Gasteiger partial charge is 0.396 e. The highest BCUT2D eigenvalue weighted by Crippen LogP contribution is 2.30. The van der Waals surface area contributed by atoms with Crippen LogP contribution in [-0.2, 0) is 11.2 Å². The molecule has 0 amide bonds. The van der Waals surface area contributed by atoms with Crippen molar-refractivity contribution >= 4 is 22.3 Å². The third kappa shape index (κ3) is 6.30. The number of ether oxygens (including phenoxy) is 1. The van der Waals surface area contributed by atoms with Crippen LogP contribution in [0.1, 0.15) is 12.0 Å². The molecular formula is C23H27FN4O2S. The Hall–Kier alpha value is -2.39. The quantitative estimate of drug-likeness (QED) is 0.550. The number of aromatic nitrogens is 2. The summed E-state index contributed by atoms with van der Waals surface area (Å²) >= 11 is 1.51. The number of thiazole rings is 1. The van der Waals surface area contributed by atoms with Crippen molar-refractivity contribution in [2.24, 2.45) is 5.92 Å². The summed E-state index contributed by atoms with van der Waals surface area (Å²) in [4.78, 5) is 12.2. The molecule has 4 rings (SSSR count).